The van der Waals surface area contributed by atoms with Crippen LogP contribution in [-0.2, 0) is 22.9 Å². The largest absolute Gasteiger partial charge is 0.295 e. The molecule has 26 heavy (non-hydrogen) atoms. The lowest BCUT2D eigenvalue weighted by Gasteiger charge is -2.16. The molecule has 0 radical (unpaired) electrons. The number of sulfonamides is 1. The highest BCUT2D eigenvalue weighted by Crippen LogP contribution is 2.32. The molecule has 8 heteroatoms. The maximum absolute atomic E-state index is 12.3. The van der Waals surface area contributed by atoms with Crippen LogP contribution in [0.4, 0.5) is 0 Å². The van der Waals surface area contributed by atoms with E-state index < -0.39 is 15.9 Å². The van der Waals surface area contributed by atoms with Crippen molar-refractivity contribution < 1.29 is 18.0 Å². The Labute approximate surface area is 156 Å². The first-order valence-corrected chi connectivity index (χ1v) is 10.6. The van der Waals surface area contributed by atoms with Crippen LogP contribution in [0, 0.1) is 5.92 Å². The van der Waals surface area contributed by atoms with Crippen molar-refractivity contribution in [2.24, 2.45) is 5.92 Å². The average molecular weight is 393 g/mol. The molecule has 0 saturated carbocycles. The van der Waals surface area contributed by atoms with Crippen LogP contribution in [0.15, 0.2) is 35.2 Å². The van der Waals surface area contributed by atoms with Crippen molar-refractivity contribution in [3.63, 3.8) is 0 Å². The zero-order valence-electron chi connectivity index (χ0n) is 14.5. The monoisotopic (exact) mass is 392 g/mol. The van der Waals surface area contributed by atoms with Crippen molar-refractivity contribution in [2.75, 3.05) is 0 Å². The van der Waals surface area contributed by atoms with Gasteiger partial charge in [-0.05, 0) is 55.9 Å². The summed E-state index contributed by atoms with van der Waals surface area (Å²) in [4.78, 5) is 27.4. The number of hydrogen-bond acceptors (Lipinski definition) is 5. The predicted molar refractivity (Wildman–Crippen MR) is 99.7 cm³/mol. The summed E-state index contributed by atoms with van der Waals surface area (Å²) in [6.45, 7) is 3.55. The molecule has 0 unspecified atom stereocenters. The highest BCUT2D eigenvalue weighted by Gasteiger charge is 2.22. The molecule has 3 rings (SSSR count). The van der Waals surface area contributed by atoms with E-state index >= 15 is 0 Å². The number of ketones is 1. The lowest BCUT2D eigenvalue weighted by molar-refractivity contribution is 0.0948. The number of aryl methyl sites for hydroxylation is 1. The first kappa shape index (κ1) is 18.8. The summed E-state index contributed by atoms with van der Waals surface area (Å²) in [5.41, 5.74) is 3.72. The second-order valence-corrected chi connectivity index (χ2v) is 9.37. The van der Waals surface area contributed by atoms with Gasteiger partial charge in [0, 0.05) is 10.4 Å². The Kier molecular flexibility index (Phi) is 5.27. The highest BCUT2D eigenvalue weighted by atomic mass is 32.2. The van der Waals surface area contributed by atoms with E-state index in [1.807, 2.05) is 6.07 Å². The molecule has 0 aliphatic heterocycles. The molecule has 0 saturated heterocycles. The highest BCUT2D eigenvalue weighted by molar-refractivity contribution is 7.89. The molecule has 2 N–H and O–H groups in total. The summed E-state index contributed by atoms with van der Waals surface area (Å²) in [5, 5.41) is 0. The Morgan fingerprint density at radius 1 is 1.23 bits per heavy atom. The van der Waals surface area contributed by atoms with E-state index in [-0.39, 0.29) is 10.7 Å². The molecule has 0 fully saturated rings. The molecule has 1 aromatic heterocycles. The molecule has 1 heterocycles. The molecular formula is C18H20N2O4S2. The van der Waals surface area contributed by atoms with E-state index in [2.05, 4.69) is 17.2 Å². The van der Waals surface area contributed by atoms with Gasteiger partial charge in [0.15, 0.2) is 5.78 Å². The second kappa shape index (κ2) is 7.30. The third-order valence-electron chi connectivity index (χ3n) is 4.40. The second-order valence-electron chi connectivity index (χ2n) is 6.55. The van der Waals surface area contributed by atoms with Crippen molar-refractivity contribution in [2.45, 2.75) is 38.0 Å². The number of carbonyl (C=O) groups excluding carboxylic acids is 2. The SMILES string of the molecule is CC(=O)c1cccc(S(=O)(=O)NNC(=O)c2cc3c(s2)CC[C@H](C)C3)c1. The Morgan fingerprint density at radius 2 is 2.00 bits per heavy atom. The molecule has 1 aromatic carbocycles. The molecule has 138 valence electrons. The fraction of sp³-hybridized carbons (Fsp3) is 0.333. The van der Waals surface area contributed by atoms with Gasteiger partial charge in [0.25, 0.3) is 15.9 Å². The number of hydrazine groups is 1. The van der Waals surface area contributed by atoms with E-state index in [0.29, 0.717) is 16.4 Å². The number of benzene rings is 1. The maximum atomic E-state index is 12.3. The van der Waals surface area contributed by atoms with Gasteiger partial charge in [-0.2, -0.15) is 0 Å². The fourth-order valence-corrected chi connectivity index (χ4v) is 4.92. The predicted octanol–water partition coefficient (Wildman–Crippen LogP) is 2.70. The van der Waals surface area contributed by atoms with E-state index in [4.69, 9.17) is 0 Å². The Hall–Kier alpha value is -2.03. The summed E-state index contributed by atoms with van der Waals surface area (Å²) >= 11 is 1.41. The minimum absolute atomic E-state index is 0.0789. The number of hydrogen-bond donors (Lipinski definition) is 2. The van der Waals surface area contributed by atoms with Crippen LogP contribution in [0.5, 0.6) is 0 Å². The molecule has 6 nitrogen and oxygen atoms in total. The minimum Gasteiger partial charge on any atom is -0.295 e. The summed E-state index contributed by atoms with van der Waals surface area (Å²) in [7, 11) is -3.96. The van der Waals surface area contributed by atoms with Crippen LogP contribution in [0.3, 0.4) is 0 Å². The van der Waals surface area contributed by atoms with Crippen molar-refractivity contribution >= 4 is 33.1 Å². The average Bonchev–Trinajstić information content (AvgIpc) is 3.03. The van der Waals surface area contributed by atoms with Crippen molar-refractivity contribution in [1.29, 1.82) is 0 Å². The first-order valence-electron chi connectivity index (χ1n) is 8.31. The fourth-order valence-electron chi connectivity index (χ4n) is 2.93. The van der Waals surface area contributed by atoms with Gasteiger partial charge in [0.1, 0.15) is 0 Å². The van der Waals surface area contributed by atoms with Gasteiger partial charge in [0.2, 0.25) is 0 Å². The van der Waals surface area contributed by atoms with Crippen molar-refractivity contribution in [3.8, 4) is 0 Å². The van der Waals surface area contributed by atoms with Crippen LogP contribution in [0.2, 0.25) is 0 Å². The molecule has 1 aliphatic carbocycles. The van der Waals surface area contributed by atoms with Crippen molar-refractivity contribution in [3.05, 3.63) is 51.2 Å². The van der Waals surface area contributed by atoms with Crippen LogP contribution >= 0.6 is 11.3 Å². The van der Waals surface area contributed by atoms with Gasteiger partial charge in [-0.25, -0.2) is 8.42 Å². The van der Waals surface area contributed by atoms with E-state index in [9.17, 15) is 18.0 Å². The molecular weight excluding hydrogens is 372 g/mol. The number of rotatable bonds is 5. The van der Waals surface area contributed by atoms with Gasteiger partial charge >= 0.3 is 0 Å². The smallest absolute Gasteiger partial charge is 0.276 e. The molecule has 1 amide bonds. The zero-order valence-corrected chi connectivity index (χ0v) is 16.2. The van der Waals surface area contributed by atoms with Gasteiger partial charge in [0.05, 0.1) is 9.77 Å². The number of fused-ring (bicyclic) bond motifs is 1. The number of carbonyl (C=O) groups is 2. The third-order valence-corrected chi connectivity index (χ3v) is 6.88. The molecule has 2 aromatic rings. The normalized spacial score (nSPS) is 16.8. The Morgan fingerprint density at radius 3 is 2.73 bits per heavy atom. The Bertz CT molecular complexity index is 963. The van der Waals surface area contributed by atoms with Crippen LogP contribution in [0.1, 0.15) is 50.7 Å². The standard InChI is InChI=1S/C18H20N2O4S2/c1-11-6-7-16-14(8-11)10-17(25-16)18(22)19-20-26(23,24)15-5-3-4-13(9-15)12(2)21/h3-5,9-11,20H,6-8H2,1-2H3,(H,19,22)/t11-/m0/s1. The summed E-state index contributed by atoms with van der Waals surface area (Å²) in [6, 6.07) is 7.52. The van der Waals surface area contributed by atoms with Gasteiger partial charge < -0.3 is 0 Å². The van der Waals surface area contributed by atoms with Crippen LogP contribution in [-0.4, -0.2) is 20.1 Å². The lowest BCUT2D eigenvalue weighted by Crippen LogP contribution is -2.41. The summed E-state index contributed by atoms with van der Waals surface area (Å²) in [6.07, 6.45) is 3.01. The minimum atomic E-state index is -3.96. The van der Waals surface area contributed by atoms with E-state index in [1.165, 1.54) is 53.0 Å². The molecule has 0 bridgehead atoms. The number of Topliss-reactive ketones (excluding diaryl/α,β-unsaturated/α-hetero) is 1. The Balaban J connectivity index is 1.71. The lowest BCUT2D eigenvalue weighted by atomic mass is 9.90. The topological polar surface area (TPSA) is 92.3 Å². The summed E-state index contributed by atoms with van der Waals surface area (Å²) < 4.78 is 24.7. The van der Waals surface area contributed by atoms with Gasteiger partial charge in [-0.3, -0.25) is 15.0 Å². The first-order chi connectivity index (χ1) is 12.3. The number of amides is 1. The van der Waals surface area contributed by atoms with Gasteiger partial charge in [-0.1, -0.05) is 19.1 Å². The quantitative estimate of drug-likeness (QED) is 0.604. The number of thiophene rings is 1. The van der Waals surface area contributed by atoms with Gasteiger partial charge in [-0.15, -0.1) is 16.2 Å². The van der Waals surface area contributed by atoms with Crippen LogP contribution < -0.4 is 10.3 Å². The zero-order chi connectivity index (χ0) is 18.9. The van der Waals surface area contributed by atoms with Crippen LogP contribution in [0.25, 0.3) is 0 Å². The molecule has 1 aliphatic rings. The third kappa shape index (κ3) is 4.03. The van der Waals surface area contributed by atoms with Crippen molar-refractivity contribution in [1.82, 2.24) is 10.3 Å². The van der Waals surface area contributed by atoms with E-state index in [1.54, 1.807) is 0 Å². The molecule has 0 spiro atoms. The number of nitrogens with one attached hydrogen (secondary N) is 2. The summed E-state index contributed by atoms with van der Waals surface area (Å²) in [5.74, 6) is -0.118. The van der Waals surface area contributed by atoms with E-state index in [0.717, 1.165) is 19.3 Å². The molecule has 1 atom stereocenters. The maximum Gasteiger partial charge on any atom is 0.276 e.